The first-order chi connectivity index (χ1) is 9.76. The predicted octanol–water partition coefficient (Wildman–Crippen LogP) is 2.96. The van der Waals surface area contributed by atoms with Gasteiger partial charge in [0.15, 0.2) is 0 Å². The summed E-state index contributed by atoms with van der Waals surface area (Å²) in [7, 11) is 0. The van der Waals surface area contributed by atoms with E-state index in [0.717, 1.165) is 30.2 Å². The summed E-state index contributed by atoms with van der Waals surface area (Å²) in [5.74, 6) is 0.973. The van der Waals surface area contributed by atoms with Crippen molar-refractivity contribution in [2.24, 2.45) is 0 Å². The molecule has 0 aliphatic heterocycles. The van der Waals surface area contributed by atoms with E-state index in [1.165, 1.54) is 0 Å². The summed E-state index contributed by atoms with van der Waals surface area (Å²) in [6.07, 6.45) is 3.38. The van der Waals surface area contributed by atoms with Gasteiger partial charge in [0.1, 0.15) is 5.82 Å². The zero-order chi connectivity index (χ0) is 14.4. The van der Waals surface area contributed by atoms with E-state index in [0.29, 0.717) is 6.42 Å². The van der Waals surface area contributed by atoms with Gasteiger partial charge in [-0.25, -0.2) is 4.98 Å². The Labute approximate surface area is 120 Å². The molecular weight excluding hydrogens is 248 g/mol. The molecule has 4 heteroatoms. The summed E-state index contributed by atoms with van der Waals surface area (Å²) >= 11 is 0. The molecule has 0 radical (unpaired) electrons. The van der Waals surface area contributed by atoms with E-state index in [4.69, 9.17) is 5.26 Å². The summed E-state index contributed by atoms with van der Waals surface area (Å²) in [6.45, 7) is 4.81. The van der Waals surface area contributed by atoms with Crippen molar-refractivity contribution in [2.75, 3.05) is 0 Å². The molecule has 0 bridgehead atoms. The van der Waals surface area contributed by atoms with Crippen LogP contribution in [0, 0.1) is 18.3 Å². The molecule has 1 aromatic heterocycles. The molecule has 1 unspecified atom stereocenters. The number of para-hydroxylation sites is 1. The number of benzene rings is 1. The van der Waals surface area contributed by atoms with E-state index in [9.17, 15) is 0 Å². The minimum atomic E-state index is 0.236. The molecule has 0 fully saturated rings. The summed E-state index contributed by atoms with van der Waals surface area (Å²) in [4.78, 5) is 4.40. The number of imidazole rings is 1. The van der Waals surface area contributed by atoms with Crippen LogP contribution in [0.4, 0.5) is 0 Å². The Hall–Kier alpha value is -2.12. The van der Waals surface area contributed by atoms with Crippen LogP contribution in [0.5, 0.6) is 0 Å². The Morgan fingerprint density at radius 2 is 2.10 bits per heavy atom. The quantitative estimate of drug-likeness (QED) is 0.876. The fraction of sp³-hybridized carbons (Fsp3) is 0.375. The molecule has 1 heterocycles. The number of hydrogen-bond acceptors (Lipinski definition) is 3. The molecule has 4 nitrogen and oxygen atoms in total. The first kappa shape index (κ1) is 14.3. The maximum Gasteiger partial charge on any atom is 0.110 e. The molecule has 0 saturated heterocycles. The van der Waals surface area contributed by atoms with Crippen LogP contribution in [0.25, 0.3) is 5.69 Å². The first-order valence-corrected chi connectivity index (χ1v) is 6.95. The number of nitriles is 1. The van der Waals surface area contributed by atoms with Crippen molar-refractivity contribution in [1.29, 1.82) is 5.26 Å². The Morgan fingerprint density at radius 3 is 2.75 bits per heavy atom. The molecule has 1 atom stereocenters. The molecule has 104 valence electrons. The lowest BCUT2D eigenvalue weighted by molar-refractivity contribution is 0.498. The topological polar surface area (TPSA) is 53.6 Å². The second-order valence-electron chi connectivity index (χ2n) is 4.82. The van der Waals surface area contributed by atoms with E-state index < -0.39 is 0 Å². The predicted molar refractivity (Wildman–Crippen MR) is 79.4 cm³/mol. The second-order valence-corrected chi connectivity index (χ2v) is 4.82. The largest absolute Gasteiger partial charge is 0.307 e. The molecule has 0 aliphatic carbocycles. The summed E-state index contributed by atoms with van der Waals surface area (Å²) in [5.41, 5.74) is 2.23. The maximum absolute atomic E-state index is 8.79. The minimum absolute atomic E-state index is 0.236. The zero-order valence-corrected chi connectivity index (χ0v) is 12.0. The Kier molecular flexibility index (Phi) is 4.91. The number of nitrogens with one attached hydrogen (secondary N) is 1. The fourth-order valence-electron chi connectivity index (χ4n) is 2.27. The molecule has 1 aromatic carbocycles. The number of aromatic nitrogens is 2. The average molecular weight is 268 g/mol. The van der Waals surface area contributed by atoms with Crippen LogP contribution in [-0.2, 0) is 6.54 Å². The van der Waals surface area contributed by atoms with Gasteiger partial charge in [-0.3, -0.25) is 4.57 Å². The smallest absolute Gasteiger partial charge is 0.110 e. The lowest BCUT2D eigenvalue weighted by Crippen LogP contribution is -2.28. The van der Waals surface area contributed by atoms with Gasteiger partial charge in [-0.15, -0.1) is 0 Å². The normalized spacial score (nSPS) is 12.1. The van der Waals surface area contributed by atoms with Crippen LogP contribution in [-0.4, -0.2) is 15.6 Å². The standard InChI is InChI=1S/C16H20N4/c1-3-14(9-10-17)19-12-16-11-18-13(2)20(16)15-7-5-4-6-8-15/h4-8,11,14,19H,3,9,12H2,1-2H3. The SMILES string of the molecule is CCC(CC#N)NCc1cnc(C)n1-c1ccccc1. The highest BCUT2D eigenvalue weighted by Gasteiger charge is 2.10. The molecule has 0 aliphatic rings. The molecule has 1 N–H and O–H groups in total. The van der Waals surface area contributed by atoms with Crippen LogP contribution in [0.15, 0.2) is 36.5 Å². The van der Waals surface area contributed by atoms with Gasteiger partial charge in [0.2, 0.25) is 0 Å². The van der Waals surface area contributed by atoms with Crippen molar-refractivity contribution in [3.63, 3.8) is 0 Å². The highest BCUT2D eigenvalue weighted by atomic mass is 15.1. The van der Waals surface area contributed by atoms with Crippen molar-refractivity contribution in [2.45, 2.75) is 39.3 Å². The van der Waals surface area contributed by atoms with Gasteiger partial charge in [-0.2, -0.15) is 5.26 Å². The van der Waals surface area contributed by atoms with Crippen molar-refractivity contribution in [3.8, 4) is 11.8 Å². The third kappa shape index (κ3) is 3.25. The maximum atomic E-state index is 8.79. The Morgan fingerprint density at radius 1 is 1.35 bits per heavy atom. The molecule has 20 heavy (non-hydrogen) atoms. The van der Waals surface area contributed by atoms with E-state index >= 15 is 0 Å². The Balaban J connectivity index is 2.16. The van der Waals surface area contributed by atoms with Gasteiger partial charge in [-0.05, 0) is 25.5 Å². The van der Waals surface area contributed by atoms with Crippen LogP contribution in [0.3, 0.4) is 0 Å². The molecule has 0 spiro atoms. The van der Waals surface area contributed by atoms with Crippen LogP contribution in [0.1, 0.15) is 31.3 Å². The van der Waals surface area contributed by atoms with E-state index in [-0.39, 0.29) is 6.04 Å². The fourth-order valence-corrected chi connectivity index (χ4v) is 2.27. The zero-order valence-electron chi connectivity index (χ0n) is 12.0. The first-order valence-electron chi connectivity index (χ1n) is 6.95. The van der Waals surface area contributed by atoms with E-state index in [2.05, 4.69) is 40.0 Å². The van der Waals surface area contributed by atoms with Crippen LogP contribution in [0.2, 0.25) is 0 Å². The monoisotopic (exact) mass is 268 g/mol. The number of aryl methyl sites for hydroxylation is 1. The van der Waals surface area contributed by atoms with Crippen molar-refractivity contribution < 1.29 is 0 Å². The number of rotatable bonds is 6. The third-order valence-corrected chi connectivity index (χ3v) is 3.43. The summed E-state index contributed by atoms with van der Waals surface area (Å²) < 4.78 is 2.14. The third-order valence-electron chi connectivity index (χ3n) is 3.43. The van der Waals surface area contributed by atoms with Crippen molar-refractivity contribution in [1.82, 2.24) is 14.9 Å². The second kappa shape index (κ2) is 6.88. The van der Waals surface area contributed by atoms with Gasteiger partial charge in [0.05, 0.1) is 24.4 Å². The van der Waals surface area contributed by atoms with Crippen molar-refractivity contribution >= 4 is 0 Å². The summed E-state index contributed by atoms with van der Waals surface area (Å²) in [5, 5.41) is 12.2. The lowest BCUT2D eigenvalue weighted by atomic mass is 10.1. The van der Waals surface area contributed by atoms with Gasteiger partial charge >= 0.3 is 0 Å². The molecule has 2 aromatic rings. The van der Waals surface area contributed by atoms with Gasteiger partial charge in [-0.1, -0.05) is 25.1 Å². The van der Waals surface area contributed by atoms with Crippen LogP contribution < -0.4 is 5.32 Å². The minimum Gasteiger partial charge on any atom is -0.307 e. The van der Waals surface area contributed by atoms with E-state index in [1.54, 1.807) is 0 Å². The number of nitrogens with zero attached hydrogens (tertiary/aromatic N) is 3. The molecule has 0 amide bonds. The molecule has 0 saturated carbocycles. The lowest BCUT2D eigenvalue weighted by Gasteiger charge is -2.15. The highest BCUT2D eigenvalue weighted by Crippen LogP contribution is 2.14. The van der Waals surface area contributed by atoms with Crippen molar-refractivity contribution in [3.05, 3.63) is 48.0 Å². The van der Waals surface area contributed by atoms with Gasteiger partial charge in [0, 0.05) is 18.3 Å². The number of hydrogen-bond donors (Lipinski definition) is 1. The van der Waals surface area contributed by atoms with Gasteiger partial charge < -0.3 is 5.32 Å². The Bertz CT molecular complexity index is 580. The average Bonchev–Trinajstić information content (AvgIpc) is 2.85. The molecule has 2 rings (SSSR count). The van der Waals surface area contributed by atoms with Gasteiger partial charge in [0.25, 0.3) is 0 Å². The highest BCUT2D eigenvalue weighted by molar-refractivity contribution is 5.35. The van der Waals surface area contributed by atoms with E-state index in [1.807, 2.05) is 31.3 Å². The molecular formula is C16H20N4. The van der Waals surface area contributed by atoms with Crippen LogP contribution >= 0.6 is 0 Å². The summed E-state index contributed by atoms with van der Waals surface area (Å²) in [6, 6.07) is 12.7.